The molecule has 6 nitrogen and oxygen atoms in total. The zero-order valence-corrected chi connectivity index (χ0v) is 9.97. The molecule has 0 bridgehead atoms. The van der Waals surface area contributed by atoms with Crippen molar-refractivity contribution in [3.63, 3.8) is 0 Å². The van der Waals surface area contributed by atoms with E-state index in [0.717, 1.165) is 12.8 Å². The van der Waals surface area contributed by atoms with Gasteiger partial charge < -0.3 is 4.98 Å². The first kappa shape index (κ1) is 12.2. The van der Waals surface area contributed by atoms with Crippen LogP contribution in [0.2, 0.25) is 0 Å². The van der Waals surface area contributed by atoms with Crippen molar-refractivity contribution < 1.29 is 4.92 Å². The van der Waals surface area contributed by atoms with Gasteiger partial charge in [-0.3, -0.25) is 14.9 Å². The van der Waals surface area contributed by atoms with Crippen LogP contribution in [-0.4, -0.2) is 14.9 Å². The zero-order chi connectivity index (χ0) is 13.1. The molecular weight excluding hydrogens is 234 g/mol. The topological polar surface area (TPSA) is 88.9 Å². The van der Waals surface area contributed by atoms with E-state index in [0.29, 0.717) is 17.8 Å². The van der Waals surface area contributed by atoms with Gasteiger partial charge in [0.15, 0.2) is 0 Å². The molecule has 1 heterocycles. The van der Waals surface area contributed by atoms with E-state index in [9.17, 15) is 14.9 Å². The van der Waals surface area contributed by atoms with E-state index in [2.05, 4.69) is 16.9 Å². The second-order valence-corrected chi connectivity index (χ2v) is 4.08. The van der Waals surface area contributed by atoms with Crippen molar-refractivity contribution in [1.29, 1.82) is 0 Å². The largest absolute Gasteiger partial charge is 0.343 e. The van der Waals surface area contributed by atoms with E-state index >= 15 is 0 Å². The molecule has 0 saturated heterocycles. The van der Waals surface area contributed by atoms with Crippen molar-refractivity contribution in [2.45, 2.75) is 26.2 Å². The number of hydrogen-bond acceptors (Lipinski definition) is 4. The van der Waals surface area contributed by atoms with E-state index in [-0.39, 0.29) is 11.1 Å². The van der Waals surface area contributed by atoms with Crippen molar-refractivity contribution in [2.75, 3.05) is 0 Å². The van der Waals surface area contributed by atoms with Crippen LogP contribution in [0.3, 0.4) is 0 Å². The lowest BCUT2D eigenvalue weighted by Gasteiger charge is -2.02. The lowest BCUT2D eigenvalue weighted by atomic mass is 10.2. The molecule has 0 amide bonds. The maximum atomic E-state index is 11.8. The Kier molecular flexibility index (Phi) is 3.36. The number of H-pyrrole nitrogens is 1. The minimum atomic E-state index is -0.524. The summed E-state index contributed by atoms with van der Waals surface area (Å²) in [5, 5.41) is 10.9. The fourth-order valence-electron chi connectivity index (χ4n) is 1.76. The fourth-order valence-corrected chi connectivity index (χ4v) is 1.76. The number of aromatic nitrogens is 2. The molecule has 0 unspecified atom stereocenters. The van der Waals surface area contributed by atoms with Gasteiger partial charge in [0.1, 0.15) is 5.82 Å². The maximum Gasteiger partial charge on any atom is 0.281 e. The number of rotatable bonds is 4. The highest BCUT2D eigenvalue weighted by atomic mass is 16.6. The normalized spacial score (nSPS) is 10.7. The molecule has 0 atom stereocenters. The van der Waals surface area contributed by atoms with Crippen LogP contribution in [0.25, 0.3) is 10.9 Å². The maximum absolute atomic E-state index is 11.8. The van der Waals surface area contributed by atoms with E-state index in [1.54, 1.807) is 6.07 Å². The van der Waals surface area contributed by atoms with Crippen LogP contribution < -0.4 is 5.56 Å². The number of nitrogens with one attached hydrogen (secondary N) is 1. The van der Waals surface area contributed by atoms with Gasteiger partial charge in [0, 0.05) is 18.6 Å². The van der Waals surface area contributed by atoms with Crippen LogP contribution in [0, 0.1) is 10.1 Å². The van der Waals surface area contributed by atoms with Gasteiger partial charge in [-0.2, -0.15) is 4.98 Å². The lowest BCUT2D eigenvalue weighted by Crippen LogP contribution is -2.12. The Bertz CT molecular complexity index is 649. The Morgan fingerprint density at radius 2 is 2.22 bits per heavy atom. The number of aromatic amines is 1. The number of unbranched alkanes of at least 4 members (excludes halogenated alkanes) is 1. The summed E-state index contributed by atoms with van der Waals surface area (Å²) >= 11 is 0. The Morgan fingerprint density at radius 3 is 2.89 bits per heavy atom. The fraction of sp³-hybridized carbons (Fsp3) is 0.333. The van der Waals surface area contributed by atoms with Gasteiger partial charge >= 0.3 is 0 Å². The third kappa shape index (κ3) is 2.37. The second-order valence-electron chi connectivity index (χ2n) is 4.08. The highest BCUT2D eigenvalue weighted by molar-refractivity contribution is 5.79. The summed E-state index contributed by atoms with van der Waals surface area (Å²) in [6.45, 7) is 2.06. The van der Waals surface area contributed by atoms with Crippen LogP contribution in [0.1, 0.15) is 25.6 Å². The first-order chi connectivity index (χ1) is 8.61. The molecule has 2 aromatic rings. The lowest BCUT2D eigenvalue weighted by molar-refractivity contribution is -0.384. The predicted molar refractivity (Wildman–Crippen MR) is 67.6 cm³/mol. The molecule has 0 radical (unpaired) electrons. The van der Waals surface area contributed by atoms with Crippen molar-refractivity contribution >= 4 is 16.6 Å². The monoisotopic (exact) mass is 247 g/mol. The molecular formula is C12H13N3O3. The highest BCUT2D eigenvalue weighted by Crippen LogP contribution is 2.16. The van der Waals surface area contributed by atoms with Gasteiger partial charge in [-0.1, -0.05) is 13.3 Å². The van der Waals surface area contributed by atoms with Crippen LogP contribution in [0.15, 0.2) is 23.0 Å². The Labute approximate surface area is 103 Å². The molecule has 1 N–H and O–H groups in total. The summed E-state index contributed by atoms with van der Waals surface area (Å²) in [7, 11) is 0. The molecule has 0 saturated carbocycles. The summed E-state index contributed by atoms with van der Waals surface area (Å²) in [5.41, 5.74) is 0.0707. The molecule has 94 valence electrons. The molecule has 0 aliphatic carbocycles. The quantitative estimate of drug-likeness (QED) is 0.662. The molecule has 18 heavy (non-hydrogen) atoms. The molecule has 1 aromatic heterocycles. The Balaban J connectivity index is 2.52. The number of nitro benzene ring substituents is 1. The summed E-state index contributed by atoms with van der Waals surface area (Å²) in [5.74, 6) is 0.628. The SMILES string of the molecule is CCCCc1nc(=O)c2cc([N+](=O)[O-])ccc2[nH]1. The van der Waals surface area contributed by atoms with Gasteiger partial charge in [0.25, 0.3) is 11.2 Å². The van der Waals surface area contributed by atoms with Crippen LogP contribution in [0.5, 0.6) is 0 Å². The highest BCUT2D eigenvalue weighted by Gasteiger charge is 2.10. The standard InChI is InChI=1S/C12H13N3O3/c1-2-3-4-11-13-10-6-5-8(15(17)18)7-9(10)12(16)14-11/h5-7H,2-4H2,1H3,(H,13,14,16). The first-order valence-corrected chi connectivity index (χ1v) is 5.79. The van der Waals surface area contributed by atoms with Gasteiger partial charge in [-0.25, -0.2) is 0 Å². The molecule has 0 aliphatic heterocycles. The van der Waals surface area contributed by atoms with Crippen LogP contribution in [0.4, 0.5) is 5.69 Å². The Morgan fingerprint density at radius 1 is 1.44 bits per heavy atom. The molecule has 0 aliphatic rings. The number of nitro groups is 1. The van der Waals surface area contributed by atoms with E-state index in [1.807, 2.05) is 0 Å². The number of nitrogens with zero attached hydrogens (tertiary/aromatic N) is 2. The van der Waals surface area contributed by atoms with E-state index in [1.165, 1.54) is 12.1 Å². The third-order valence-electron chi connectivity index (χ3n) is 2.73. The van der Waals surface area contributed by atoms with Crippen LogP contribution >= 0.6 is 0 Å². The van der Waals surface area contributed by atoms with Gasteiger partial charge in [0.2, 0.25) is 0 Å². The van der Waals surface area contributed by atoms with Gasteiger partial charge in [-0.05, 0) is 12.5 Å². The number of non-ortho nitro benzene ring substituents is 1. The molecule has 2 rings (SSSR count). The number of hydrogen-bond donors (Lipinski definition) is 1. The minimum absolute atomic E-state index is 0.101. The number of fused-ring (bicyclic) bond motifs is 1. The van der Waals surface area contributed by atoms with Crippen LogP contribution in [-0.2, 0) is 6.42 Å². The van der Waals surface area contributed by atoms with Crippen molar-refractivity contribution in [3.8, 4) is 0 Å². The smallest absolute Gasteiger partial charge is 0.281 e. The minimum Gasteiger partial charge on any atom is -0.343 e. The third-order valence-corrected chi connectivity index (χ3v) is 2.73. The molecule has 0 fully saturated rings. The second kappa shape index (κ2) is 4.95. The number of benzene rings is 1. The summed E-state index contributed by atoms with van der Waals surface area (Å²) in [6, 6.07) is 4.18. The van der Waals surface area contributed by atoms with E-state index < -0.39 is 10.5 Å². The summed E-state index contributed by atoms with van der Waals surface area (Å²) in [4.78, 5) is 28.8. The number of aryl methyl sites for hydroxylation is 1. The molecule has 0 spiro atoms. The average molecular weight is 247 g/mol. The summed E-state index contributed by atoms with van der Waals surface area (Å²) in [6.07, 6.45) is 2.67. The zero-order valence-electron chi connectivity index (χ0n) is 9.97. The van der Waals surface area contributed by atoms with E-state index in [4.69, 9.17) is 0 Å². The predicted octanol–water partition coefficient (Wildman–Crippen LogP) is 2.17. The van der Waals surface area contributed by atoms with Gasteiger partial charge in [0.05, 0.1) is 15.8 Å². The van der Waals surface area contributed by atoms with Crippen molar-refractivity contribution in [1.82, 2.24) is 9.97 Å². The first-order valence-electron chi connectivity index (χ1n) is 5.79. The van der Waals surface area contributed by atoms with Gasteiger partial charge in [-0.15, -0.1) is 0 Å². The Hall–Kier alpha value is -2.24. The molecule has 1 aromatic carbocycles. The summed E-state index contributed by atoms with van der Waals surface area (Å²) < 4.78 is 0. The van der Waals surface area contributed by atoms with Crippen molar-refractivity contribution in [2.24, 2.45) is 0 Å². The average Bonchev–Trinajstić information content (AvgIpc) is 2.36. The van der Waals surface area contributed by atoms with Crippen molar-refractivity contribution in [3.05, 3.63) is 44.5 Å². The molecule has 6 heteroatoms.